The van der Waals surface area contributed by atoms with Crippen LogP contribution in [-0.2, 0) is 11.3 Å². The topological polar surface area (TPSA) is 85.3 Å². The van der Waals surface area contributed by atoms with Gasteiger partial charge in [-0.3, -0.25) is 9.59 Å². The van der Waals surface area contributed by atoms with E-state index in [0.717, 1.165) is 12.8 Å². The summed E-state index contributed by atoms with van der Waals surface area (Å²) in [5.74, 6) is 0.0129. The smallest absolute Gasteiger partial charge is 0.284 e. The van der Waals surface area contributed by atoms with Crippen molar-refractivity contribution in [1.82, 2.24) is 5.32 Å². The van der Waals surface area contributed by atoms with E-state index in [4.69, 9.17) is 10.2 Å². The summed E-state index contributed by atoms with van der Waals surface area (Å²) in [7, 11) is 0. The largest absolute Gasteiger partial charge is 0.454 e. The monoisotopic (exact) mass is 224 g/mol. The highest BCUT2D eigenvalue weighted by molar-refractivity contribution is 5.89. The molecule has 1 aromatic heterocycles. The Morgan fingerprint density at radius 1 is 1.44 bits per heavy atom. The number of amides is 2. The first kappa shape index (κ1) is 12.3. The van der Waals surface area contributed by atoms with Crippen LogP contribution in [0.15, 0.2) is 16.5 Å². The normalized spacial score (nSPS) is 10.1. The molecule has 0 aliphatic heterocycles. The average Bonchev–Trinajstić information content (AvgIpc) is 2.72. The molecule has 0 saturated heterocycles. The van der Waals surface area contributed by atoms with Gasteiger partial charge in [0.05, 0.1) is 6.54 Å². The molecule has 0 fully saturated rings. The molecule has 1 rings (SSSR count). The maximum absolute atomic E-state index is 11.3. The van der Waals surface area contributed by atoms with Gasteiger partial charge in [-0.25, -0.2) is 0 Å². The van der Waals surface area contributed by atoms with Crippen molar-refractivity contribution in [2.75, 3.05) is 0 Å². The number of furan rings is 1. The maximum atomic E-state index is 11.3. The van der Waals surface area contributed by atoms with Crippen LogP contribution in [-0.4, -0.2) is 11.8 Å². The fourth-order valence-electron chi connectivity index (χ4n) is 1.22. The summed E-state index contributed by atoms with van der Waals surface area (Å²) in [4.78, 5) is 22.0. The number of hydrogen-bond acceptors (Lipinski definition) is 3. The first-order valence-corrected chi connectivity index (χ1v) is 5.28. The number of nitrogens with one attached hydrogen (secondary N) is 1. The van der Waals surface area contributed by atoms with Crippen LogP contribution >= 0.6 is 0 Å². The molecule has 1 heterocycles. The van der Waals surface area contributed by atoms with Crippen LogP contribution in [0.1, 0.15) is 42.5 Å². The van der Waals surface area contributed by atoms with E-state index in [1.165, 1.54) is 6.07 Å². The molecule has 2 amide bonds. The summed E-state index contributed by atoms with van der Waals surface area (Å²) in [5.41, 5.74) is 5.03. The SMILES string of the molecule is CCCCC(=O)NCc1ccc(C(N)=O)o1. The predicted molar refractivity (Wildman–Crippen MR) is 58.6 cm³/mol. The maximum Gasteiger partial charge on any atom is 0.284 e. The van der Waals surface area contributed by atoms with E-state index >= 15 is 0 Å². The highest BCUT2D eigenvalue weighted by Crippen LogP contribution is 2.06. The van der Waals surface area contributed by atoms with Gasteiger partial charge in [0.2, 0.25) is 5.91 Å². The van der Waals surface area contributed by atoms with Crippen molar-refractivity contribution in [1.29, 1.82) is 0 Å². The van der Waals surface area contributed by atoms with E-state index in [9.17, 15) is 9.59 Å². The Balaban J connectivity index is 2.36. The van der Waals surface area contributed by atoms with Crippen molar-refractivity contribution in [2.45, 2.75) is 32.7 Å². The number of carbonyl (C=O) groups excluding carboxylic acids is 2. The lowest BCUT2D eigenvalue weighted by Gasteiger charge is -2.01. The third-order valence-electron chi connectivity index (χ3n) is 2.12. The molecule has 0 saturated carbocycles. The van der Waals surface area contributed by atoms with E-state index in [0.29, 0.717) is 12.2 Å². The molecule has 0 spiro atoms. The Morgan fingerprint density at radius 2 is 2.19 bits per heavy atom. The highest BCUT2D eigenvalue weighted by Gasteiger charge is 2.07. The summed E-state index contributed by atoms with van der Waals surface area (Å²) in [6, 6.07) is 3.12. The van der Waals surface area contributed by atoms with E-state index < -0.39 is 5.91 Å². The fraction of sp³-hybridized carbons (Fsp3) is 0.455. The van der Waals surface area contributed by atoms with Crippen LogP contribution in [0.5, 0.6) is 0 Å². The molecule has 1 aromatic rings. The summed E-state index contributed by atoms with van der Waals surface area (Å²) in [6.45, 7) is 2.31. The van der Waals surface area contributed by atoms with Crippen LogP contribution in [0, 0.1) is 0 Å². The van der Waals surface area contributed by atoms with Crippen LogP contribution in [0.4, 0.5) is 0 Å². The molecule has 0 radical (unpaired) electrons. The Hall–Kier alpha value is -1.78. The standard InChI is InChI=1S/C11H16N2O3/c1-2-3-4-10(14)13-7-8-5-6-9(16-8)11(12)15/h5-6H,2-4,7H2,1H3,(H2,12,15)(H,13,14). The molecule has 0 aromatic carbocycles. The molecule has 3 N–H and O–H groups in total. The summed E-state index contributed by atoms with van der Waals surface area (Å²) >= 11 is 0. The number of hydrogen-bond donors (Lipinski definition) is 2. The molecule has 0 bridgehead atoms. The number of unbranched alkanes of at least 4 members (excludes halogenated alkanes) is 1. The van der Waals surface area contributed by atoms with Crippen molar-refractivity contribution >= 4 is 11.8 Å². The van der Waals surface area contributed by atoms with Gasteiger partial charge in [-0.05, 0) is 18.6 Å². The quantitative estimate of drug-likeness (QED) is 0.760. The van der Waals surface area contributed by atoms with Gasteiger partial charge in [0, 0.05) is 6.42 Å². The van der Waals surface area contributed by atoms with Gasteiger partial charge >= 0.3 is 0 Å². The van der Waals surface area contributed by atoms with Crippen molar-refractivity contribution in [3.8, 4) is 0 Å². The lowest BCUT2D eigenvalue weighted by atomic mass is 10.2. The molecule has 0 atom stereocenters. The lowest BCUT2D eigenvalue weighted by molar-refractivity contribution is -0.121. The molecular weight excluding hydrogens is 208 g/mol. The molecule has 16 heavy (non-hydrogen) atoms. The van der Waals surface area contributed by atoms with Gasteiger partial charge < -0.3 is 15.5 Å². The molecule has 0 aliphatic rings. The van der Waals surface area contributed by atoms with Crippen LogP contribution in [0.2, 0.25) is 0 Å². The first-order chi connectivity index (χ1) is 7.63. The van der Waals surface area contributed by atoms with Crippen LogP contribution < -0.4 is 11.1 Å². The number of nitrogens with two attached hydrogens (primary N) is 1. The number of rotatable bonds is 6. The Kier molecular flexibility index (Phi) is 4.57. The molecular formula is C11H16N2O3. The van der Waals surface area contributed by atoms with Crippen LogP contribution in [0.25, 0.3) is 0 Å². The third-order valence-corrected chi connectivity index (χ3v) is 2.12. The molecule has 0 aliphatic carbocycles. The van der Waals surface area contributed by atoms with Gasteiger partial charge in [-0.15, -0.1) is 0 Å². The first-order valence-electron chi connectivity index (χ1n) is 5.28. The Bertz CT molecular complexity index is 371. The minimum absolute atomic E-state index is 0.0149. The van der Waals surface area contributed by atoms with Gasteiger partial charge in [0.15, 0.2) is 5.76 Å². The van der Waals surface area contributed by atoms with E-state index in [-0.39, 0.29) is 18.2 Å². The van der Waals surface area contributed by atoms with Crippen LogP contribution in [0.3, 0.4) is 0 Å². The lowest BCUT2D eigenvalue weighted by Crippen LogP contribution is -2.22. The summed E-state index contributed by atoms with van der Waals surface area (Å²) < 4.78 is 5.11. The zero-order valence-electron chi connectivity index (χ0n) is 9.29. The van der Waals surface area contributed by atoms with Gasteiger partial charge in [0.1, 0.15) is 5.76 Å². The summed E-state index contributed by atoms with van der Waals surface area (Å²) in [5, 5.41) is 2.70. The van der Waals surface area contributed by atoms with E-state index in [2.05, 4.69) is 5.32 Å². The summed E-state index contributed by atoms with van der Waals surface area (Å²) in [6.07, 6.45) is 2.37. The second-order valence-electron chi connectivity index (χ2n) is 3.51. The van der Waals surface area contributed by atoms with Gasteiger partial charge in [0.25, 0.3) is 5.91 Å². The van der Waals surface area contributed by atoms with E-state index in [1.807, 2.05) is 6.92 Å². The van der Waals surface area contributed by atoms with E-state index in [1.54, 1.807) is 6.07 Å². The van der Waals surface area contributed by atoms with Crippen molar-refractivity contribution in [3.63, 3.8) is 0 Å². The Labute approximate surface area is 94.0 Å². The Morgan fingerprint density at radius 3 is 2.75 bits per heavy atom. The number of primary amides is 1. The number of carbonyl (C=O) groups is 2. The zero-order chi connectivity index (χ0) is 12.0. The van der Waals surface area contributed by atoms with Gasteiger partial charge in [-0.1, -0.05) is 13.3 Å². The molecule has 88 valence electrons. The zero-order valence-corrected chi connectivity index (χ0v) is 9.29. The highest BCUT2D eigenvalue weighted by atomic mass is 16.4. The molecule has 0 unspecified atom stereocenters. The van der Waals surface area contributed by atoms with Crippen molar-refractivity contribution < 1.29 is 14.0 Å². The van der Waals surface area contributed by atoms with Gasteiger partial charge in [-0.2, -0.15) is 0 Å². The fourth-order valence-corrected chi connectivity index (χ4v) is 1.22. The minimum Gasteiger partial charge on any atom is -0.454 e. The molecule has 5 nitrogen and oxygen atoms in total. The van der Waals surface area contributed by atoms with Crippen molar-refractivity contribution in [2.24, 2.45) is 5.73 Å². The second kappa shape index (κ2) is 5.95. The average molecular weight is 224 g/mol. The molecule has 5 heteroatoms. The second-order valence-corrected chi connectivity index (χ2v) is 3.51. The predicted octanol–water partition coefficient (Wildman–Crippen LogP) is 1.18. The third kappa shape index (κ3) is 3.76. The van der Waals surface area contributed by atoms with Crippen molar-refractivity contribution in [3.05, 3.63) is 23.7 Å². The minimum atomic E-state index is -0.608.